The zero-order chi connectivity index (χ0) is 22.6. The van der Waals surface area contributed by atoms with Gasteiger partial charge in [0.05, 0.1) is 23.9 Å². The lowest BCUT2D eigenvalue weighted by molar-refractivity contribution is 0.288. The number of benzene rings is 2. The average molecular weight is 471 g/mol. The number of thiazole rings is 1. The molecule has 1 aliphatic heterocycles. The van der Waals surface area contributed by atoms with Gasteiger partial charge in [0.25, 0.3) is 0 Å². The largest absolute Gasteiger partial charge is 0.496 e. The second kappa shape index (κ2) is 9.81. The standard InChI is InChI=1S/C23H26N4O3S2/c1-17-10-12-27(13-11-17)32(28,29)20-8-5-7-18(14-20)21-16-31-23(25-21)26-24-15-19-6-3-4-9-22(19)30-2/h3-9,14-17H,10-13H2,1-2H3,(H,25,26)/b24-15+. The molecule has 0 atom stereocenters. The topological polar surface area (TPSA) is 83.9 Å². The van der Waals surface area contributed by atoms with E-state index < -0.39 is 10.0 Å². The third-order valence-electron chi connectivity index (χ3n) is 5.52. The Labute approximate surface area is 192 Å². The van der Waals surface area contributed by atoms with E-state index in [-0.39, 0.29) is 0 Å². The van der Waals surface area contributed by atoms with Crippen LogP contribution in [0.3, 0.4) is 0 Å². The first kappa shape index (κ1) is 22.4. The first-order chi connectivity index (χ1) is 15.5. The van der Waals surface area contributed by atoms with E-state index in [9.17, 15) is 8.42 Å². The molecule has 1 N–H and O–H groups in total. The minimum atomic E-state index is -3.50. The highest BCUT2D eigenvalue weighted by atomic mass is 32.2. The van der Waals surface area contributed by atoms with Crippen molar-refractivity contribution in [1.29, 1.82) is 0 Å². The van der Waals surface area contributed by atoms with E-state index in [2.05, 4.69) is 22.4 Å². The summed E-state index contributed by atoms with van der Waals surface area (Å²) >= 11 is 1.40. The molecular weight excluding hydrogens is 444 g/mol. The van der Waals surface area contributed by atoms with Crippen molar-refractivity contribution in [3.8, 4) is 17.0 Å². The third kappa shape index (κ3) is 5.01. The Morgan fingerprint density at radius 2 is 1.97 bits per heavy atom. The Kier molecular flexibility index (Phi) is 6.88. The van der Waals surface area contributed by atoms with Crippen LogP contribution in [0.15, 0.2) is 63.9 Å². The van der Waals surface area contributed by atoms with E-state index in [1.807, 2.05) is 35.7 Å². The van der Waals surface area contributed by atoms with Crippen molar-refractivity contribution < 1.29 is 13.2 Å². The molecule has 1 fully saturated rings. The summed E-state index contributed by atoms with van der Waals surface area (Å²) in [4.78, 5) is 4.86. The van der Waals surface area contributed by atoms with Gasteiger partial charge in [0.1, 0.15) is 5.75 Å². The molecule has 9 heteroatoms. The zero-order valence-electron chi connectivity index (χ0n) is 18.1. The summed E-state index contributed by atoms with van der Waals surface area (Å²) in [5.41, 5.74) is 5.24. The number of aromatic nitrogens is 1. The number of sulfonamides is 1. The Bertz CT molecular complexity index is 1200. The second-order valence-corrected chi connectivity index (χ2v) is 10.6. The Balaban J connectivity index is 1.48. The molecule has 3 aromatic rings. The van der Waals surface area contributed by atoms with E-state index in [1.54, 1.807) is 35.8 Å². The normalized spacial score (nSPS) is 15.8. The first-order valence-electron chi connectivity index (χ1n) is 10.5. The molecule has 1 aliphatic rings. The Morgan fingerprint density at radius 3 is 2.75 bits per heavy atom. The number of hydrazone groups is 1. The van der Waals surface area contributed by atoms with Gasteiger partial charge >= 0.3 is 0 Å². The fraction of sp³-hybridized carbons (Fsp3) is 0.304. The van der Waals surface area contributed by atoms with Crippen LogP contribution in [0.4, 0.5) is 5.13 Å². The fourth-order valence-corrected chi connectivity index (χ4v) is 5.76. The molecule has 1 saturated heterocycles. The maximum absolute atomic E-state index is 13.1. The summed E-state index contributed by atoms with van der Waals surface area (Å²) in [7, 11) is -1.88. The maximum atomic E-state index is 13.1. The summed E-state index contributed by atoms with van der Waals surface area (Å²) < 4.78 is 33.1. The van der Waals surface area contributed by atoms with Gasteiger partial charge in [-0.25, -0.2) is 13.4 Å². The van der Waals surface area contributed by atoms with Crippen molar-refractivity contribution in [3.63, 3.8) is 0 Å². The van der Waals surface area contributed by atoms with E-state index in [4.69, 9.17) is 4.74 Å². The van der Waals surface area contributed by atoms with Crippen LogP contribution in [0.2, 0.25) is 0 Å². The van der Waals surface area contributed by atoms with Gasteiger partial charge in [0.15, 0.2) is 0 Å². The van der Waals surface area contributed by atoms with E-state index in [1.165, 1.54) is 11.3 Å². The molecule has 32 heavy (non-hydrogen) atoms. The van der Waals surface area contributed by atoms with E-state index in [0.717, 1.165) is 29.7 Å². The molecule has 2 aromatic carbocycles. The highest BCUT2D eigenvalue weighted by molar-refractivity contribution is 7.89. The average Bonchev–Trinajstić information content (AvgIpc) is 3.29. The van der Waals surface area contributed by atoms with Crippen LogP contribution in [0.5, 0.6) is 5.75 Å². The highest BCUT2D eigenvalue weighted by Crippen LogP contribution is 2.29. The number of anilines is 1. The van der Waals surface area contributed by atoms with E-state index >= 15 is 0 Å². The van der Waals surface area contributed by atoms with Crippen LogP contribution in [0, 0.1) is 5.92 Å². The van der Waals surface area contributed by atoms with Gasteiger partial charge in [-0.2, -0.15) is 9.41 Å². The SMILES string of the molecule is COc1ccccc1/C=N/Nc1nc(-c2cccc(S(=O)(=O)N3CCC(C)CC3)c2)cs1. The molecule has 0 bridgehead atoms. The minimum absolute atomic E-state index is 0.307. The molecule has 2 heterocycles. The predicted octanol–water partition coefficient (Wildman–Crippen LogP) is 4.69. The molecule has 7 nitrogen and oxygen atoms in total. The van der Waals surface area contributed by atoms with Gasteiger partial charge in [-0.3, -0.25) is 5.43 Å². The number of hydrogen-bond donors (Lipinski definition) is 1. The van der Waals surface area contributed by atoms with Crippen molar-refractivity contribution >= 4 is 32.7 Å². The van der Waals surface area contributed by atoms with Crippen LogP contribution >= 0.6 is 11.3 Å². The monoisotopic (exact) mass is 470 g/mol. The number of para-hydroxylation sites is 1. The summed E-state index contributed by atoms with van der Waals surface area (Å²) in [6, 6.07) is 14.6. The van der Waals surface area contributed by atoms with Gasteiger partial charge in [-0.05, 0) is 43.0 Å². The van der Waals surface area contributed by atoms with Gasteiger partial charge in [-0.1, -0.05) is 31.2 Å². The number of hydrogen-bond acceptors (Lipinski definition) is 7. The molecule has 0 aliphatic carbocycles. The molecule has 4 rings (SSSR count). The maximum Gasteiger partial charge on any atom is 0.243 e. The second-order valence-electron chi connectivity index (χ2n) is 7.76. The van der Waals surface area contributed by atoms with Crippen LogP contribution in [-0.4, -0.2) is 44.1 Å². The highest BCUT2D eigenvalue weighted by Gasteiger charge is 2.28. The lowest BCUT2D eigenvalue weighted by atomic mass is 10.0. The summed E-state index contributed by atoms with van der Waals surface area (Å²) in [5.74, 6) is 1.30. The predicted molar refractivity (Wildman–Crippen MR) is 129 cm³/mol. The van der Waals surface area contributed by atoms with Gasteiger partial charge < -0.3 is 4.74 Å². The van der Waals surface area contributed by atoms with Crippen LogP contribution in [0.25, 0.3) is 11.3 Å². The molecule has 0 spiro atoms. The van der Waals surface area contributed by atoms with Gasteiger partial charge in [0.2, 0.25) is 15.2 Å². The summed E-state index contributed by atoms with van der Waals surface area (Å²) in [6.45, 7) is 3.31. The molecule has 0 saturated carbocycles. The van der Waals surface area contributed by atoms with Crippen molar-refractivity contribution in [2.75, 3.05) is 25.6 Å². The fourth-order valence-electron chi connectivity index (χ4n) is 3.58. The summed E-state index contributed by atoms with van der Waals surface area (Å²) in [6.07, 6.45) is 3.47. The molecular formula is C23H26N4O3S2. The van der Waals surface area contributed by atoms with E-state index in [0.29, 0.717) is 34.7 Å². The Morgan fingerprint density at radius 1 is 1.19 bits per heavy atom. The van der Waals surface area contributed by atoms with Crippen molar-refractivity contribution in [3.05, 3.63) is 59.5 Å². The van der Waals surface area contributed by atoms with Crippen molar-refractivity contribution in [2.24, 2.45) is 11.0 Å². The third-order valence-corrected chi connectivity index (χ3v) is 8.16. The molecule has 0 unspecified atom stereocenters. The zero-order valence-corrected chi connectivity index (χ0v) is 19.7. The van der Waals surface area contributed by atoms with Crippen LogP contribution in [-0.2, 0) is 10.0 Å². The minimum Gasteiger partial charge on any atom is -0.496 e. The van der Waals surface area contributed by atoms with Crippen molar-refractivity contribution in [2.45, 2.75) is 24.7 Å². The Hall–Kier alpha value is -2.75. The molecule has 1 aromatic heterocycles. The number of methoxy groups -OCH3 is 1. The molecule has 0 amide bonds. The lowest BCUT2D eigenvalue weighted by Gasteiger charge is -2.29. The van der Waals surface area contributed by atoms with Gasteiger partial charge in [0, 0.05) is 29.6 Å². The number of rotatable bonds is 7. The quantitative estimate of drug-likeness (QED) is 0.400. The van der Waals surface area contributed by atoms with Crippen LogP contribution in [0.1, 0.15) is 25.3 Å². The first-order valence-corrected chi connectivity index (χ1v) is 12.8. The molecule has 0 radical (unpaired) electrons. The van der Waals surface area contributed by atoms with Crippen molar-refractivity contribution in [1.82, 2.24) is 9.29 Å². The number of nitrogens with zero attached hydrogens (tertiary/aromatic N) is 3. The summed E-state index contributed by atoms with van der Waals surface area (Å²) in [5, 5.41) is 6.74. The van der Waals surface area contributed by atoms with Crippen LogP contribution < -0.4 is 10.2 Å². The molecule has 168 valence electrons. The number of ether oxygens (including phenoxy) is 1. The number of piperidine rings is 1. The lowest BCUT2D eigenvalue weighted by Crippen LogP contribution is -2.37. The van der Waals surface area contributed by atoms with Gasteiger partial charge in [-0.15, -0.1) is 11.3 Å². The number of nitrogens with one attached hydrogen (secondary N) is 1. The smallest absolute Gasteiger partial charge is 0.243 e.